The second-order valence-electron chi connectivity index (χ2n) is 4.67. The van der Waals surface area contributed by atoms with E-state index in [9.17, 15) is 5.11 Å². The Labute approximate surface area is 109 Å². The topological polar surface area (TPSA) is 67.5 Å². The van der Waals surface area contributed by atoms with Gasteiger partial charge in [-0.05, 0) is 25.0 Å². The van der Waals surface area contributed by atoms with Crippen LogP contribution in [-0.2, 0) is 0 Å². The SMILES string of the molecule is CCC(CC)(CO)CNc1ccc(OC)cc1N. The van der Waals surface area contributed by atoms with Crippen LogP contribution in [0.25, 0.3) is 0 Å². The van der Waals surface area contributed by atoms with Gasteiger partial charge in [-0.25, -0.2) is 0 Å². The first-order chi connectivity index (χ1) is 8.60. The van der Waals surface area contributed by atoms with E-state index >= 15 is 0 Å². The van der Waals surface area contributed by atoms with Crippen molar-refractivity contribution in [2.45, 2.75) is 26.7 Å². The van der Waals surface area contributed by atoms with Crippen LogP contribution in [0.1, 0.15) is 26.7 Å². The van der Waals surface area contributed by atoms with Gasteiger partial charge < -0.3 is 20.9 Å². The molecule has 18 heavy (non-hydrogen) atoms. The third-order valence-corrected chi connectivity index (χ3v) is 3.75. The van der Waals surface area contributed by atoms with Crippen molar-refractivity contribution in [2.75, 3.05) is 31.3 Å². The van der Waals surface area contributed by atoms with Crippen LogP contribution in [0.2, 0.25) is 0 Å². The maximum Gasteiger partial charge on any atom is 0.121 e. The number of nitrogens with one attached hydrogen (secondary N) is 1. The molecule has 0 aliphatic carbocycles. The van der Waals surface area contributed by atoms with Crippen molar-refractivity contribution in [1.82, 2.24) is 0 Å². The monoisotopic (exact) mass is 252 g/mol. The summed E-state index contributed by atoms with van der Waals surface area (Å²) >= 11 is 0. The van der Waals surface area contributed by atoms with E-state index in [0.29, 0.717) is 12.2 Å². The highest BCUT2D eigenvalue weighted by atomic mass is 16.5. The lowest BCUT2D eigenvalue weighted by molar-refractivity contribution is 0.127. The molecular formula is C14H24N2O2. The molecule has 102 valence electrons. The van der Waals surface area contributed by atoms with Crippen molar-refractivity contribution in [3.05, 3.63) is 18.2 Å². The Kier molecular flexibility index (Phi) is 5.28. The molecule has 0 heterocycles. The van der Waals surface area contributed by atoms with Gasteiger partial charge in [-0.15, -0.1) is 0 Å². The zero-order chi connectivity index (χ0) is 13.6. The smallest absolute Gasteiger partial charge is 0.121 e. The van der Waals surface area contributed by atoms with Crippen LogP contribution in [0.15, 0.2) is 18.2 Å². The number of methoxy groups -OCH3 is 1. The van der Waals surface area contributed by atoms with E-state index in [-0.39, 0.29) is 12.0 Å². The van der Waals surface area contributed by atoms with E-state index in [1.165, 1.54) is 0 Å². The molecule has 4 heteroatoms. The number of hydrogen-bond acceptors (Lipinski definition) is 4. The predicted molar refractivity (Wildman–Crippen MR) is 76.0 cm³/mol. The molecular weight excluding hydrogens is 228 g/mol. The van der Waals surface area contributed by atoms with Gasteiger partial charge in [0.1, 0.15) is 5.75 Å². The molecule has 0 saturated heterocycles. The van der Waals surface area contributed by atoms with Gasteiger partial charge in [0.05, 0.1) is 25.1 Å². The molecule has 0 aliphatic heterocycles. The summed E-state index contributed by atoms with van der Waals surface area (Å²) in [5.74, 6) is 0.748. The Morgan fingerprint density at radius 3 is 2.44 bits per heavy atom. The van der Waals surface area contributed by atoms with Gasteiger partial charge in [0.25, 0.3) is 0 Å². The summed E-state index contributed by atoms with van der Waals surface area (Å²) in [7, 11) is 1.62. The normalized spacial score (nSPS) is 11.3. The minimum absolute atomic E-state index is 0.0770. The highest BCUT2D eigenvalue weighted by Crippen LogP contribution is 2.29. The van der Waals surface area contributed by atoms with Crippen molar-refractivity contribution >= 4 is 11.4 Å². The Hall–Kier alpha value is -1.42. The number of hydrogen-bond donors (Lipinski definition) is 3. The summed E-state index contributed by atoms with van der Waals surface area (Å²) in [6.07, 6.45) is 1.87. The number of rotatable bonds is 7. The second-order valence-corrected chi connectivity index (χ2v) is 4.67. The van der Waals surface area contributed by atoms with Crippen molar-refractivity contribution < 1.29 is 9.84 Å². The van der Waals surface area contributed by atoms with Crippen LogP contribution >= 0.6 is 0 Å². The number of ether oxygens (including phenoxy) is 1. The Morgan fingerprint density at radius 2 is 2.00 bits per heavy atom. The molecule has 0 aromatic heterocycles. The van der Waals surface area contributed by atoms with Gasteiger partial charge >= 0.3 is 0 Å². The lowest BCUT2D eigenvalue weighted by Gasteiger charge is -2.30. The Balaban J connectivity index is 2.73. The maximum absolute atomic E-state index is 9.51. The molecule has 0 spiro atoms. The molecule has 0 amide bonds. The van der Waals surface area contributed by atoms with E-state index in [4.69, 9.17) is 10.5 Å². The van der Waals surface area contributed by atoms with E-state index in [1.807, 2.05) is 12.1 Å². The van der Waals surface area contributed by atoms with Gasteiger partial charge in [0.15, 0.2) is 0 Å². The molecule has 1 aromatic carbocycles. The minimum Gasteiger partial charge on any atom is -0.497 e. The Morgan fingerprint density at radius 1 is 1.33 bits per heavy atom. The average molecular weight is 252 g/mol. The molecule has 0 unspecified atom stereocenters. The van der Waals surface area contributed by atoms with Crippen LogP contribution in [0.4, 0.5) is 11.4 Å². The van der Waals surface area contributed by atoms with Gasteiger partial charge in [0.2, 0.25) is 0 Å². The summed E-state index contributed by atoms with van der Waals surface area (Å²) in [5.41, 5.74) is 7.41. The number of aliphatic hydroxyl groups is 1. The number of aliphatic hydroxyl groups excluding tert-OH is 1. The number of benzene rings is 1. The fraction of sp³-hybridized carbons (Fsp3) is 0.571. The molecule has 0 fully saturated rings. The van der Waals surface area contributed by atoms with E-state index in [0.717, 1.165) is 24.3 Å². The lowest BCUT2D eigenvalue weighted by Crippen LogP contribution is -2.32. The summed E-state index contributed by atoms with van der Waals surface area (Å²) in [6.45, 7) is 5.09. The van der Waals surface area contributed by atoms with Crippen LogP contribution in [0.3, 0.4) is 0 Å². The van der Waals surface area contributed by atoms with Crippen molar-refractivity contribution in [3.8, 4) is 5.75 Å². The molecule has 0 radical (unpaired) electrons. The molecule has 0 aliphatic rings. The van der Waals surface area contributed by atoms with E-state index in [1.54, 1.807) is 13.2 Å². The standard InChI is InChI=1S/C14H24N2O2/c1-4-14(5-2,10-17)9-16-13-7-6-11(18-3)8-12(13)15/h6-8,16-17H,4-5,9-10,15H2,1-3H3. The molecule has 1 rings (SSSR count). The summed E-state index contributed by atoms with van der Waals surface area (Å²) in [6, 6.07) is 5.57. The highest BCUT2D eigenvalue weighted by Gasteiger charge is 2.25. The molecule has 0 bridgehead atoms. The molecule has 4 N–H and O–H groups in total. The first-order valence-corrected chi connectivity index (χ1v) is 6.39. The molecule has 1 aromatic rings. The first-order valence-electron chi connectivity index (χ1n) is 6.39. The average Bonchev–Trinajstić information content (AvgIpc) is 2.42. The van der Waals surface area contributed by atoms with Gasteiger partial charge in [-0.2, -0.15) is 0 Å². The predicted octanol–water partition coefficient (Wildman–Crippen LogP) is 2.49. The number of anilines is 2. The largest absolute Gasteiger partial charge is 0.497 e. The molecule has 4 nitrogen and oxygen atoms in total. The third kappa shape index (κ3) is 3.29. The van der Waals surface area contributed by atoms with Gasteiger partial charge in [0, 0.05) is 18.0 Å². The van der Waals surface area contributed by atoms with Crippen LogP contribution in [0.5, 0.6) is 5.75 Å². The van der Waals surface area contributed by atoms with Crippen molar-refractivity contribution in [1.29, 1.82) is 0 Å². The second kappa shape index (κ2) is 6.50. The van der Waals surface area contributed by atoms with Crippen molar-refractivity contribution in [2.24, 2.45) is 5.41 Å². The quantitative estimate of drug-likeness (QED) is 0.652. The zero-order valence-corrected chi connectivity index (χ0v) is 11.5. The van der Waals surface area contributed by atoms with Crippen molar-refractivity contribution in [3.63, 3.8) is 0 Å². The van der Waals surface area contributed by atoms with E-state index < -0.39 is 0 Å². The minimum atomic E-state index is -0.0770. The lowest BCUT2D eigenvalue weighted by atomic mass is 9.83. The van der Waals surface area contributed by atoms with E-state index in [2.05, 4.69) is 19.2 Å². The highest BCUT2D eigenvalue weighted by molar-refractivity contribution is 5.68. The molecule has 0 saturated carbocycles. The summed E-state index contributed by atoms with van der Waals surface area (Å²) in [5, 5.41) is 12.8. The maximum atomic E-state index is 9.51. The fourth-order valence-corrected chi connectivity index (χ4v) is 1.89. The number of nitrogens with two attached hydrogens (primary N) is 1. The summed E-state index contributed by atoms with van der Waals surface area (Å²) in [4.78, 5) is 0. The third-order valence-electron chi connectivity index (χ3n) is 3.75. The summed E-state index contributed by atoms with van der Waals surface area (Å²) < 4.78 is 5.11. The first kappa shape index (κ1) is 14.6. The zero-order valence-electron chi connectivity index (χ0n) is 11.5. The Bertz CT molecular complexity index is 368. The fourth-order valence-electron chi connectivity index (χ4n) is 1.89. The van der Waals surface area contributed by atoms with Crippen LogP contribution in [0, 0.1) is 5.41 Å². The van der Waals surface area contributed by atoms with Crippen LogP contribution < -0.4 is 15.8 Å². The van der Waals surface area contributed by atoms with Gasteiger partial charge in [-0.3, -0.25) is 0 Å². The molecule has 0 atom stereocenters. The van der Waals surface area contributed by atoms with Crippen LogP contribution in [-0.4, -0.2) is 25.4 Å². The van der Waals surface area contributed by atoms with Gasteiger partial charge in [-0.1, -0.05) is 13.8 Å². The number of nitrogen functional groups attached to an aromatic ring is 1.